The van der Waals surface area contributed by atoms with Crippen LogP contribution in [-0.2, 0) is 14.3 Å². The number of furan rings is 1. The number of carboxylic acids is 1. The second-order valence-corrected chi connectivity index (χ2v) is 6.15. The normalized spacial score (nSPS) is 22.1. The van der Waals surface area contributed by atoms with Crippen molar-refractivity contribution in [2.75, 3.05) is 39.8 Å². The molecule has 0 unspecified atom stereocenters. The van der Waals surface area contributed by atoms with Gasteiger partial charge in [0.2, 0.25) is 5.91 Å². The fraction of sp³-hybridized carbons (Fsp3) is 0.562. The maximum Gasteiger partial charge on any atom is 0.490 e. The lowest BCUT2D eigenvalue weighted by molar-refractivity contribution is -0.192. The van der Waals surface area contributed by atoms with E-state index in [4.69, 9.17) is 19.1 Å². The number of morpholine rings is 1. The van der Waals surface area contributed by atoms with Crippen LogP contribution in [0.15, 0.2) is 23.0 Å². The first-order valence-corrected chi connectivity index (χ1v) is 8.31. The second kappa shape index (κ2) is 9.06. The van der Waals surface area contributed by atoms with Crippen molar-refractivity contribution in [1.29, 1.82) is 0 Å². The Labute approximate surface area is 158 Å². The minimum absolute atomic E-state index is 0.0183. The summed E-state index contributed by atoms with van der Waals surface area (Å²) in [7, 11) is 1.63. The fourth-order valence-electron chi connectivity index (χ4n) is 2.95. The molecule has 2 N–H and O–H groups in total. The van der Waals surface area contributed by atoms with Crippen molar-refractivity contribution in [1.82, 2.24) is 15.1 Å². The first kappa shape index (κ1) is 21.7. The molecular formula is C16H20F3N3O6. The van der Waals surface area contributed by atoms with Gasteiger partial charge >= 0.3 is 12.1 Å². The molecule has 0 spiro atoms. The summed E-state index contributed by atoms with van der Waals surface area (Å²) >= 11 is 0. The average molecular weight is 407 g/mol. The molecule has 0 bridgehead atoms. The predicted octanol–water partition coefficient (Wildman–Crippen LogP) is 0.184. The summed E-state index contributed by atoms with van der Waals surface area (Å²) in [5, 5.41) is 9.76. The predicted molar refractivity (Wildman–Crippen MR) is 87.5 cm³/mol. The molecule has 2 aliphatic heterocycles. The van der Waals surface area contributed by atoms with Crippen molar-refractivity contribution in [3.05, 3.63) is 24.2 Å². The van der Waals surface area contributed by atoms with Crippen molar-refractivity contribution >= 4 is 17.8 Å². The number of carbonyl (C=O) groups excluding carboxylic acids is 2. The highest BCUT2D eigenvalue weighted by Gasteiger charge is 2.42. The monoisotopic (exact) mass is 407 g/mol. The van der Waals surface area contributed by atoms with Crippen LogP contribution in [0.5, 0.6) is 0 Å². The minimum Gasteiger partial charge on any atom is -0.475 e. The third-order valence-corrected chi connectivity index (χ3v) is 4.34. The van der Waals surface area contributed by atoms with Crippen LogP contribution in [0.4, 0.5) is 13.2 Å². The van der Waals surface area contributed by atoms with Crippen LogP contribution in [0, 0.1) is 0 Å². The van der Waals surface area contributed by atoms with Crippen molar-refractivity contribution < 1.29 is 41.8 Å². The average Bonchev–Trinajstić information content (AvgIpc) is 3.31. The molecule has 0 radical (unpaired) electrons. The summed E-state index contributed by atoms with van der Waals surface area (Å²) in [6.07, 6.45) is -2.17. The third-order valence-electron chi connectivity index (χ3n) is 4.34. The summed E-state index contributed by atoms with van der Waals surface area (Å²) < 4.78 is 42.5. The van der Waals surface area contributed by atoms with E-state index in [1.165, 1.54) is 12.5 Å². The minimum atomic E-state index is -5.08. The third kappa shape index (κ3) is 5.45. The van der Waals surface area contributed by atoms with Gasteiger partial charge in [-0.25, -0.2) is 4.79 Å². The van der Waals surface area contributed by atoms with Gasteiger partial charge in [0.25, 0.3) is 5.91 Å². The van der Waals surface area contributed by atoms with Gasteiger partial charge in [0.05, 0.1) is 37.1 Å². The molecule has 2 aliphatic rings. The molecule has 9 nitrogen and oxygen atoms in total. The fourth-order valence-corrected chi connectivity index (χ4v) is 2.95. The number of nitrogens with zero attached hydrogens (tertiary/aromatic N) is 2. The standard InChI is InChI=1S/C14H19N3O4.C2HF3O2/c1-15-13(18)8-16-3-5-21-12-7-17(6-11(12)16)14(19)10-2-4-20-9-10;3-2(4,5)1(6)7/h2,4,9,11-12H,3,5-8H2,1H3,(H,15,18);(H,6,7)/t11-,12+;/m1./s1. The number of likely N-dealkylation sites (tertiary alicyclic amines) is 1. The van der Waals surface area contributed by atoms with E-state index >= 15 is 0 Å². The summed E-state index contributed by atoms with van der Waals surface area (Å²) in [6, 6.07) is 1.74. The smallest absolute Gasteiger partial charge is 0.475 e. The van der Waals surface area contributed by atoms with Crippen LogP contribution in [0.1, 0.15) is 10.4 Å². The van der Waals surface area contributed by atoms with Crippen molar-refractivity contribution in [2.24, 2.45) is 0 Å². The van der Waals surface area contributed by atoms with Gasteiger partial charge in [-0.15, -0.1) is 0 Å². The second-order valence-electron chi connectivity index (χ2n) is 6.15. The van der Waals surface area contributed by atoms with Gasteiger partial charge in [-0.1, -0.05) is 0 Å². The van der Waals surface area contributed by atoms with Gasteiger partial charge in [0, 0.05) is 26.7 Å². The number of hydrogen-bond acceptors (Lipinski definition) is 6. The lowest BCUT2D eigenvalue weighted by Gasteiger charge is -2.35. The van der Waals surface area contributed by atoms with E-state index in [1.807, 2.05) is 0 Å². The Balaban J connectivity index is 0.000000345. The quantitative estimate of drug-likeness (QED) is 0.735. The summed E-state index contributed by atoms with van der Waals surface area (Å²) in [5.74, 6) is -2.83. The Morgan fingerprint density at radius 3 is 2.54 bits per heavy atom. The SMILES string of the molecule is CNC(=O)CN1CCO[C@H]2CN(C(=O)c3ccoc3)C[C@H]21.O=C(O)C(F)(F)F. The van der Waals surface area contributed by atoms with Crippen molar-refractivity contribution in [3.63, 3.8) is 0 Å². The maximum atomic E-state index is 12.3. The number of fused-ring (bicyclic) bond motifs is 1. The Kier molecular flexibility index (Phi) is 7.02. The number of carbonyl (C=O) groups is 3. The largest absolute Gasteiger partial charge is 0.490 e. The van der Waals surface area contributed by atoms with Gasteiger partial charge < -0.3 is 24.5 Å². The van der Waals surface area contributed by atoms with E-state index in [9.17, 15) is 22.8 Å². The van der Waals surface area contributed by atoms with Crippen LogP contribution in [-0.4, -0.2) is 90.8 Å². The number of alkyl halides is 3. The van der Waals surface area contributed by atoms with Crippen LogP contribution in [0.2, 0.25) is 0 Å². The van der Waals surface area contributed by atoms with E-state index in [2.05, 4.69) is 10.2 Å². The topological polar surface area (TPSA) is 112 Å². The molecule has 156 valence electrons. The Hall–Kier alpha value is -2.60. The number of rotatable bonds is 3. The van der Waals surface area contributed by atoms with Crippen LogP contribution < -0.4 is 5.32 Å². The van der Waals surface area contributed by atoms with Crippen molar-refractivity contribution in [3.8, 4) is 0 Å². The zero-order valence-electron chi connectivity index (χ0n) is 14.9. The molecule has 2 amide bonds. The number of nitrogens with one attached hydrogen (secondary N) is 1. The van der Waals surface area contributed by atoms with E-state index < -0.39 is 12.1 Å². The zero-order valence-corrected chi connectivity index (χ0v) is 14.9. The number of hydrogen-bond donors (Lipinski definition) is 2. The number of halogens is 3. The molecule has 2 saturated heterocycles. The Morgan fingerprint density at radius 2 is 2.00 bits per heavy atom. The molecule has 3 rings (SSSR count). The molecule has 12 heteroatoms. The maximum absolute atomic E-state index is 12.3. The Morgan fingerprint density at radius 1 is 1.32 bits per heavy atom. The highest BCUT2D eigenvalue weighted by molar-refractivity contribution is 5.94. The van der Waals surface area contributed by atoms with Crippen LogP contribution in [0.3, 0.4) is 0 Å². The summed E-state index contributed by atoms with van der Waals surface area (Å²) in [6.45, 7) is 2.77. The molecule has 0 saturated carbocycles. The van der Waals surface area contributed by atoms with E-state index in [-0.39, 0.29) is 24.0 Å². The van der Waals surface area contributed by atoms with Crippen LogP contribution >= 0.6 is 0 Å². The zero-order chi connectivity index (χ0) is 20.9. The van der Waals surface area contributed by atoms with Crippen LogP contribution in [0.25, 0.3) is 0 Å². The molecule has 0 aromatic carbocycles. The van der Waals surface area contributed by atoms with Crippen molar-refractivity contribution in [2.45, 2.75) is 18.3 Å². The molecule has 1 aromatic rings. The van der Waals surface area contributed by atoms with E-state index in [0.717, 1.165) is 0 Å². The van der Waals surface area contributed by atoms with E-state index in [0.29, 0.717) is 38.3 Å². The molecular weight excluding hydrogens is 387 g/mol. The van der Waals surface area contributed by atoms with Gasteiger partial charge in [-0.2, -0.15) is 13.2 Å². The number of aliphatic carboxylic acids is 1. The lowest BCUT2D eigenvalue weighted by atomic mass is 10.1. The number of ether oxygens (including phenoxy) is 1. The molecule has 28 heavy (non-hydrogen) atoms. The molecule has 3 heterocycles. The van der Waals surface area contributed by atoms with Gasteiger partial charge in [0.1, 0.15) is 6.26 Å². The number of likely N-dealkylation sites (N-methyl/N-ethyl adjacent to an activating group) is 1. The molecule has 0 aliphatic carbocycles. The highest BCUT2D eigenvalue weighted by atomic mass is 19.4. The van der Waals surface area contributed by atoms with Gasteiger partial charge in [0.15, 0.2) is 0 Å². The number of amides is 2. The Bertz CT molecular complexity index is 694. The highest BCUT2D eigenvalue weighted by Crippen LogP contribution is 2.24. The molecule has 2 fully saturated rings. The number of carboxylic acid groups (broad SMARTS) is 1. The first-order valence-electron chi connectivity index (χ1n) is 8.31. The molecule has 1 aromatic heterocycles. The van der Waals surface area contributed by atoms with Gasteiger partial charge in [-0.05, 0) is 6.07 Å². The van der Waals surface area contributed by atoms with Gasteiger partial charge in [-0.3, -0.25) is 14.5 Å². The first-order chi connectivity index (χ1) is 13.1. The lowest BCUT2D eigenvalue weighted by Crippen LogP contribution is -2.53. The summed E-state index contributed by atoms with van der Waals surface area (Å²) in [5.41, 5.74) is 0.548. The molecule has 2 atom stereocenters. The summed E-state index contributed by atoms with van der Waals surface area (Å²) in [4.78, 5) is 36.7. The van der Waals surface area contributed by atoms with E-state index in [1.54, 1.807) is 18.0 Å².